The molecule has 0 aliphatic carbocycles. The van der Waals surface area contributed by atoms with E-state index in [9.17, 15) is 38.9 Å². The summed E-state index contributed by atoms with van der Waals surface area (Å²) in [5.41, 5.74) is 1.42. The molecule has 15 heteroatoms. The van der Waals surface area contributed by atoms with E-state index in [4.69, 9.17) is 4.84 Å². The van der Waals surface area contributed by atoms with Crippen LogP contribution in [0.4, 0.5) is 0 Å². The second-order valence-electron chi connectivity index (χ2n) is 9.73. The smallest absolute Gasteiger partial charge is 0.339 e. The van der Waals surface area contributed by atoms with Crippen molar-refractivity contribution in [2.75, 3.05) is 58.4 Å². The molecule has 1 heterocycles. The number of aliphatic hydroxyl groups excluding tert-OH is 2. The molecule has 1 aliphatic rings. The van der Waals surface area contributed by atoms with Gasteiger partial charge in [0.05, 0.1) is 18.8 Å². The van der Waals surface area contributed by atoms with Gasteiger partial charge < -0.3 is 34.6 Å². The van der Waals surface area contributed by atoms with Gasteiger partial charge in [-0.2, -0.15) is 0 Å². The number of aliphatic hydroxyl groups is 2. The maximum absolute atomic E-state index is 11.6. The average Bonchev–Trinajstić information content (AvgIpc) is 2.75. The number of rotatable bonds is 11. The summed E-state index contributed by atoms with van der Waals surface area (Å²) in [7, 11) is -9.10. The zero-order valence-corrected chi connectivity index (χ0v) is 23.5. The molecule has 0 bridgehead atoms. The Labute approximate surface area is 218 Å². The van der Waals surface area contributed by atoms with E-state index in [1.165, 1.54) is 0 Å². The minimum Gasteiger partial charge on any atom is -0.406 e. The van der Waals surface area contributed by atoms with Crippen LogP contribution in [-0.4, -0.2) is 120 Å². The first kappa shape index (κ1) is 32.3. The summed E-state index contributed by atoms with van der Waals surface area (Å²) in [4.78, 5) is 49.2. The Balaban J connectivity index is 2.37. The van der Waals surface area contributed by atoms with E-state index >= 15 is 0 Å². The molecule has 0 unspecified atom stereocenters. The van der Waals surface area contributed by atoms with Crippen molar-refractivity contribution in [3.05, 3.63) is 29.3 Å². The number of nitrogens with zero attached hydrogens (tertiary/aromatic N) is 4. The van der Waals surface area contributed by atoms with Crippen molar-refractivity contribution in [2.24, 2.45) is 0 Å². The molecule has 214 valence electrons. The van der Waals surface area contributed by atoms with Gasteiger partial charge in [0, 0.05) is 51.4 Å². The van der Waals surface area contributed by atoms with Crippen LogP contribution in [0.2, 0.25) is 0 Å². The Hall–Kier alpha value is -0.920. The molecule has 2 rings (SSSR count). The highest BCUT2D eigenvalue weighted by Crippen LogP contribution is 2.41. The van der Waals surface area contributed by atoms with Crippen LogP contribution >= 0.6 is 15.2 Å². The molecule has 0 aromatic heterocycles. The number of hydroxylamine groups is 2. The van der Waals surface area contributed by atoms with Gasteiger partial charge in [-0.3, -0.25) is 23.8 Å². The van der Waals surface area contributed by atoms with E-state index in [1.54, 1.807) is 31.0 Å². The van der Waals surface area contributed by atoms with E-state index in [0.29, 0.717) is 44.0 Å². The van der Waals surface area contributed by atoms with Crippen LogP contribution in [0, 0.1) is 0 Å². The molecule has 0 saturated heterocycles. The van der Waals surface area contributed by atoms with Crippen molar-refractivity contribution in [2.45, 2.75) is 46.1 Å². The van der Waals surface area contributed by atoms with Crippen molar-refractivity contribution in [1.82, 2.24) is 19.8 Å². The zero-order chi connectivity index (χ0) is 27.8. The number of benzene rings is 1. The molecule has 37 heavy (non-hydrogen) atoms. The topological polar surface area (TPSA) is 178 Å². The molecule has 0 spiro atoms. The van der Waals surface area contributed by atoms with Gasteiger partial charge in [-0.25, -0.2) is 0 Å². The zero-order valence-electron chi connectivity index (χ0n) is 21.8. The molecule has 0 fully saturated rings. The Morgan fingerprint density at radius 2 is 1.49 bits per heavy atom. The Morgan fingerprint density at radius 3 is 2.03 bits per heavy atom. The van der Waals surface area contributed by atoms with Crippen molar-refractivity contribution in [1.29, 1.82) is 0 Å². The summed E-state index contributed by atoms with van der Waals surface area (Å²) in [6.07, 6.45) is -2.70. The molecule has 6 N–H and O–H groups in total. The Bertz CT molecular complexity index is 917. The lowest BCUT2D eigenvalue weighted by Crippen LogP contribution is -2.43. The van der Waals surface area contributed by atoms with Crippen LogP contribution in [0.5, 0.6) is 5.75 Å². The summed E-state index contributed by atoms with van der Waals surface area (Å²) >= 11 is 0. The van der Waals surface area contributed by atoms with Gasteiger partial charge in [0.1, 0.15) is 12.6 Å². The van der Waals surface area contributed by atoms with Crippen LogP contribution in [0.25, 0.3) is 0 Å². The van der Waals surface area contributed by atoms with Gasteiger partial charge in [-0.05, 0) is 38.1 Å². The van der Waals surface area contributed by atoms with Crippen molar-refractivity contribution < 1.29 is 43.8 Å². The summed E-state index contributed by atoms with van der Waals surface area (Å²) < 4.78 is 23.1. The van der Waals surface area contributed by atoms with Gasteiger partial charge in [-0.15, -0.1) is 5.06 Å². The lowest BCUT2D eigenvalue weighted by atomic mass is 10.1. The highest BCUT2D eigenvalue weighted by Gasteiger charge is 2.26. The maximum atomic E-state index is 11.6. The highest BCUT2D eigenvalue weighted by molar-refractivity contribution is 7.52. The van der Waals surface area contributed by atoms with E-state index < -0.39 is 40.0 Å². The predicted octanol–water partition coefficient (Wildman–Crippen LogP) is 0.254. The van der Waals surface area contributed by atoms with Gasteiger partial charge in [0.25, 0.3) is 0 Å². The fraction of sp³-hybridized carbons (Fsp3) is 0.727. The number of fused-ring (bicyclic) bond motifs is 1. The van der Waals surface area contributed by atoms with Gasteiger partial charge >= 0.3 is 15.2 Å². The molecule has 1 aromatic rings. The molecule has 2 atom stereocenters. The first-order valence-electron chi connectivity index (χ1n) is 12.3. The Kier molecular flexibility index (Phi) is 12.6. The van der Waals surface area contributed by atoms with Gasteiger partial charge in [0.15, 0.2) is 5.75 Å². The van der Waals surface area contributed by atoms with Crippen LogP contribution < -0.4 is 4.84 Å². The molecule has 13 nitrogen and oxygen atoms in total. The Morgan fingerprint density at radius 1 is 0.919 bits per heavy atom. The third kappa shape index (κ3) is 13.1. The standard InChI is InChI=1S/C22H42N4O9P2/c1-4-23-7-8-24(12-18(2)27)9-10-26(13-19(3)28)35-22-6-5-20(11-21(22)15-23)14-25(16-36(29,30)31)17-37(32,33)34/h5-6,11,18-19,27-28H,4,7-10,12-17H2,1-3H3,(H2,29,30,31)(H2,32,33,34)/t18-,19-/m0/s1. The monoisotopic (exact) mass is 568 g/mol. The number of hydrogen-bond acceptors (Lipinski definition) is 9. The fourth-order valence-electron chi connectivity index (χ4n) is 4.27. The summed E-state index contributed by atoms with van der Waals surface area (Å²) in [5.74, 6) is 0.559. The maximum Gasteiger partial charge on any atom is 0.339 e. The SMILES string of the molecule is CCN1CCN(C[C@H](C)O)CCN(C[C@H](C)O)Oc2ccc(CN(CP(=O)(O)O)CP(=O)(O)O)cc2C1. The van der Waals surface area contributed by atoms with Crippen LogP contribution in [-0.2, 0) is 22.2 Å². The predicted molar refractivity (Wildman–Crippen MR) is 139 cm³/mol. The average molecular weight is 569 g/mol. The minimum atomic E-state index is -4.55. The fourth-order valence-corrected chi connectivity index (χ4v) is 5.87. The first-order chi connectivity index (χ1) is 17.1. The van der Waals surface area contributed by atoms with E-state index in [1.807, 2.05) is 13.0 Å². The van der Waals surface area contributed by atoms with Crippen LogP contribution in [0.3, 0.4) is 0 Å². The third-order valence-electron chi connectivity index (χ3n) is 5.76. The number of likely N-dealkylation sites (N-methyl/N-ethyl adjacent to an activating group) is 1. The van der Waals surface area contributed by atoms with Crippen LogP contribution in [0.15, 0.2) is 18.2 Å². The quantitative estimate of drug-likeness (QED) is 0.201. The molecule has 0 amide bonds. The largest absolute Gasteiger partial charge is 0.406 e. The van der Waals surface area contributed by atoms with Crippen molar-refractivity contribution in [3.63, 3.8) is 0 Å². The second-order valence-corrected chi connectivity index (χ2v) is 13.0. The third-order valence-corrected chi connectivity index (χ3v) is 7.29. The van der Waals surface area contributed by atoms with Crippen molar-refractivity contribution >= 4 is 15.2 Å². The highest BCUT2D eigenvalue weighted by atomic mass is 31.2. The molecule has 0 radical (unpaired) electrons. The molecular formula is C22H42N4O9P2. The number of β-amino-alcohol motifs (C(OH)–C–C–N with tert-alkyl or cyclic N) is 2. The molecule has 0 saturated carbocycles. The summed E-state index contributed by atoms with van der Waals surface area (Å²) in [5, 5.41) is 21.6. The van der Waals surface area contributed by atoms with E-state index in [-0.39, 0.29) is 13.1 Å². The van der Waals surface area contributed by atoms with Crippen molar-refractivity contribution in [3.8, 4) is 5.75 Å². The van der Waals surface area contributed by atoms with Gasteiger partial charge in [0.2, 0.25) is 0 Å². The minimum absolute atomic E-state index is 0.0742. The van der Waals surface area contributed by atoms with Crippen LogP contribution in [0.1, 0.15) is 31.9 Å². The second kappa shape index (κ2) is 14.5. The lowest BCUT2D eigenvalue weighted by Gasteiger charge is -2.29. The molecule has 1 aromatic carbocycles. The summed E-state index contributed by atoms with van der Waals surface area (Å²) in [6, 6.07) is 5.24. The lowest BCUT2D eigenvalue weighted by molar-refractivity contribution is -0.0865. The molecular weight excluding hydrogens is 526 g/mol. The first-order valence-corrected chi connectivity index (χ1v) is 15.9. The van der Waals surface area contributed by atoms with Gasteiger partial charge in [-0.1, -0.05) is 13.0 Å². The molecule has 1 aliphatic heterocycles. The van der Waals surface area contributed by atoms with E-state index in [2.05, 4.69) is 9.80 Å². The normalized spacial score (nSPS) is 19.2. The van der Waals surface area contributed by atoms with E-state index in [0.717, 1.165) is 23.6 Å². The number of hydrogen-bond donors (Lipinski definition) is 6. The summed E-state index contributed by atoms with van der Waals surface area (Å²) in [6.45, 7) is 9.94.